The van der Waals surface area contributed by atoms with Crippen molar-refractivity contribution in [1.82, 2.24) is 10.3 Å². The van der Waals surface area contributed by atoms with Crippen LogP contribution < -0.4 is 11.1 Å². The number of benzene rings is 1. The van der Waals surface area contributed by atoms with Gasteiger partial charge in [0.05, 0.1) is 12.1 Å². The zero-order valence-corrected chi connectivity index (χ0v) is 14.1. The van der Waals surface area contributed by atoms with Gasteiger partial charge in [-0.25, -0.2) is 9.37 Å². The molecule has 4 nitrogen and oxygen atoms in total. The fourth-order valence-corrected chi connectivity index (χ4v) is 2.93. The van der Waals surface area contributed by atoms with E-state index in [-0.39, 0.29) is 23.7 Å². The predicted octanol–water partition coefficient (Wildman–Crippen LogP) is 3.06. The Hall–Kier alpha value is -1.79. The third kappa shape index (κ3) is 4.84. The van der Waals surface area contributed by atoms with Gasteiger partial charge < -0.3 is 11.1 Å². The Morgan fingerprint density at radius 3 is 2.65 bits per heavy atom. The molecule has 0 aliphatic rings. The number of halogens is 1. The number of hydrogen-bond donors (Lipinski definition) is 2. The number of nitrogens with one attached hydrogen (secondary N) is 1. The maximum absolute atomic E-state index is 13.0. The minimum Gasteiger partial charge on any atom is -0.345 e. The summed E-state index contributed by atoms with van der Waals surface area (Å²) in [6.07, 6.45) is 3.10. The van der Waals surface area contributed by atoms with Gasteiger partial charge in [-0.05, 0) is 30.0 Å². The van der Waals surface area contributed by atoms with Crippen molar-refractivity contribution in [3.63, 3.8) is 0 Å². The molecular formula is C17H22FN3OS. The molecule has 0 saturated carbocycles. The highest BCUT2D eigenvalue weighted by molar-refractivity contribution is 7.09. The molecule has 1 amide bonds. The fraction of sp³-hybridized carbons (Fsp3) is 0.412. The maximum Gasteiger partial charge on any atom is 0.237 e. The van der Waals surface area contributed by atoms with Crippen molar-refractivity contribution in [2.24, 2.45) is 11.7 Å². The highest BCUT2D eigenvalue weighted by Crippen LogP contribution is 2.21. The number of rotatable bonds is 7. The summed E-state index contributed by atoms with van der Waals surface area (Å²) in [5.74, 6) is -0.346. The molecule has 1 aromatic carbocycles. The minimum atomic E-state index is -0.546. The fourth-order valence-electron chi connectivity index (χ4n) is 2.24. The average Bonchev–Trinajstić information content (AvgIpc) is 3.09. The standard InChI is InChI=1S/C17H22FN3OS/c1-3-11(2)15(19)16(22)21-14(17-20-8-9-23-17)10-12-4-6-13(18)7-5-12/h4-9,11,14-15H,3,10,19H2,1-2H3,(H,21,22)/t11-,14-,15-/m0/s1. The van der Waals surface area contributed by atoms with Crippen LogP contribution in [-0.2, 0) is 11.2 Å². The van der Waals surface area contributed by atoms with Gasteiger partial charge >= 0.3 is 0 Å². The van der Waals surface area contributed by atoms with Crippen molar-refractivity contribution in [3.8, 4) is 0 Å². The van der Waals surface area contributed by atoms with Crippen LogP contribution in [0.2, 0.25) is 0 Å². The van der Waals surface area contributed by atoms with Crippen molar-refractivity contribution in [1.29, 1.82) is 0 Å². The SMILES string of the molecule is CC[C@H](C)[C@H](N)C(=O)N[C@@H](Cc1ccc(F)cc1)c1nccs1. The third-order valence-corrected chi connectivity index (χ3v) is 4.87. The van der Waals surface area contributed by atoms with E-state index < -0.39 is 6.04 Å². The van der Waals surface area contributed by atoms with E-state index in [1.54, 1.807) is 18.3 Å². The van der Waals surface area contributed by atoms with E-state index in [0.29, 0.717) is 6.42 Å². The summed E-state index contributed by atoms with van der Waals surface area (Å²) in [5, 5.41) is 5.68. The van der Waals surface area contributed by atoms with Gasteiger partial charge in [0.25, 0.3) is 0 Å². The molecule has 0 saturated heterocycles. The van der Waals surface area contributed by atoms with Crippen LogP contribution in [0.15, 0.2) is 35.8 Å². The lowest BCUT2D eigenvalue weighted by Crippen LogP contribution is -2.46. The van der Waals surface area contributed by atoms with Crippen LogP contribution >= 0.6 is 11.3 Å². The van der Waals surface area contributed by atoms with Gasteiger partial charge in [0.2, 0.25) is 5.91 Å². The summed E-state index contributed by atoms with van der Waals surface area (Å²) in [6, 6.07) is 5.47. The van der Waals surface area contributed by atoms with Crippen LogP contribution in [0.25, 0.3) is 0 Å². The number of carbonyl (C=O) groups is 1. The molecule has 2 aromatic rings. The first-order valence-electron chi connectivity index (χ1n) is 7.71. The Kier molecular flexibility index (Phi) is 6.24. The molecule has 0 bridgehead atoms. The van der Waals surface area contributed by atoms with Crippen LogP contribution in [0.1, 0.15) is 36.9 Å². The normalized spacial score (nSPS) is 15.0. The van der Waals surface area contributed by atoms with E-state index in [1.807, 2.05) is 19.2 Å². The molecule has 1 heterocycles. The number of hydrogen-bond acceptors (Lipinski definition) is 4. The summed E-state index contributed by atoms with van der Waals surface area (Å²) >= 11 is 1.48. The molecule has 0 fully saturated rings. The summed E-state index contributed by atoms with van der Waals surface area (Å²) in [7, 11) is 0. The minimum absolute atomic E-state index is 0.109. The quantitative estimate of drug-likeness (QED) is 0.817. The van der Waals surface area contributed by atoms with Crippen molar-refractivity contribution in [3.05, 3.63) is 52.2 Å². The molecule has 0 aliphatic heterocycles. The smallest absolute Gasteiger partial charge is 0.237 e. The Bertz CT molecular complexity index is 615. The van der Waals surface area contributed by atoms with E-state index in [0.717, 1.165) is 17.0 Å². The lowest BCUT2D eigenvalue weighted by molar-refractivity contribution is -0.124. The van der Waals surface area contributed by atoms with Crippen molar-refractivity contribution in [2.45, 2.75) is 38.8 Å². The second-order valence-corrected chi connectivity index (χ2v) is 6.60. The molecule has 3 N–H and O–H groups in total. The lowest BCUT2D eigenvalue weighted by atomic mass is 9.98. The van der Waals surface area contributed by atoms with Crippen LogP contribution in [0.4, 0.5) is 4.39 Å². The Balaban J connectivity index is 2.12. The van der Waals surface area contributed by atoms with Crippen molar-refractivity contribution < 1.29 is 9.18 Å². The molecule has 0 spiro atoms. The highest BCUT2D eigenvalue weighted by atomic mass is 32.1. The second kappa shape index (κ2) is 8.17. The van der Waals surface area contributed by atoms with Gasteiger partial charge in [0.1, 0.15) is 10.8 Å². The van der Waals surface area contributed by atoms with Gasteiger partial charge in [0.15, 0.2) is 0 Å². The number of nitrogens with zero attached hydrogens (tertiary/aromatic N) is 1. The first kappa shape index (κ1) is 17.6. The second-order valence-electron chi connectivity index (χ2n) is 5.67. The van der Waals surface area contributed by atoms with E-state index in [2.05, 4.69) is 10.3 Å². The van der Waals surface area contributed by atoms with Crippen LogP contribution in [-0.4, -0.2) is 16.9 Å². The molecule has 23 heavy (non-hydrogen) atoms. The molecule has 3 atom stereocenters. The molecule has 1 aromatic heterocycles. The summed E-state index contributed by atoms with van der Waals surface area (Å²) in [6.45, 7) is 3.97. The van der Waals surface area contributed by atoms with Crippen LogP contribution in [0, 0.1) is 11.7 Å². The van der Waals surface area contributed by atoms with E-state index >= 15 is 0 Å². The monoisotopic (exact) mass is 335 g/mol. The van der Waals surface area contributed by atoms with Gasteiger partial charge in [-0.1, -0.05) is 32.4 Å². The molecule has 0 radical (unpaired) electrons. The van der Waals surface area contributed by atoms with E-state index in [1.165, 1.54) is 23.5 Å². The third-order valence-electron chi connectivity index (χ3n) is 3.98. The molecular weight excluding hydrogens is 313 g/mol. The lowest BCUT2D eigenvalue weighted by Gasteiger charge is -2.22. The van der Waals surface area contributed by atoms with Crippen LogP contribution in [0.3, 0.4) is 0 Å². The zero-order valence-electron chi connectivity index (χ0n) is 13.3. The molecule has 0 aliphatic carbocycles. The Morgan fingerprint density at radius 1 is 1.39 bits per heavy atom. The summed E-state index contributed by atoms with van der Waals surface area (Å²) < 4.78 is 13.0. The highest BCUT2D eigenvalue weighted by Gasteiger charge is 2.24. The van der Waals surface area contributed by atoms with Gasteiger partial charge in [-0.2, -0.15) is 0 Å². The summed E-state index contributed by atoms with van der Waals surface area (Å²) in [5.41, 5.74) is 6.94. The number of aromatic nitrogens is 1. The molecule has 2 rings (SSSR count). The first-order valence-corrected chi connectivity index (χ1v) is 8.59. The van der Waals surface area contributed by atoms with Crippen LogP contribution in [0.5, 0.6) is 0 Å². The Morgan fingerprint density at radius 2 is 2.09 bits per heavy atom. The maximum atomic E-state index is 13.0. The zero-order chi connectivity index (χ0) is 16.8. The number of carbonyl (C=O) groups excluding carboxylic acids is 1. The molecule has 6 heteroatoms. The number of nitrogens with two attached hydrogens (primary N) is 1. The molecule has 0 unspecified atom stereocenters. The van der Waals surface area contributed by atoms with Gasteiger partial charge in [0, 0.05) is 11.6 Å². The average molecular weight is 335 g/mol. The van der Waals surface area contributed by atoms with Crippen molar-refractivity contribution in [2.75, 3.05) is 0 Å². The topological polar surface area (TPSA) is 68.0 Å². The van der Waals surface area contributed by atoms with E-state index in [4.69, 9.17) is 5.73 Å². The Labute approximate surface area is 139 Å². The van der Waals surface area contributed by atoms with Gasteiger partial charge in [-0.3, -0.25) is 4.79 Å². The van der Waals surface area contributed by atoms with E-state index in [9.17, 15) is 9.18 Å². The van der Waals surface area contributed by atoms with Gasteiger partial charge in [-0.15, -0.1) is 11.3 Å². The predicted molar refractivity (Wildman–Crippen MR) is 90.5 cm³/mol. The molecule has 124 valence electrons. The summed E-state index contributed by atoms with van der Waals surface area (Å²) in [4.78, 5) is 16.7. The largest absolute Gasteiger partial charge is 0.345 e. The van der Waals surface area contributed by atoms with Crippen molar-refractivity contribution >= 4 is 17.2 Å². The number of thiazole rings is 1. The first-order chi connectivity index (χ1) is 11.0. The number of amides is 1.